The third-order valence-corrected chi connectivity index (χ3v) is 8.18. The number of amides is 3. The Morgan fingerprint density at radius 3 is 2.20 bits per heavy atom. The Morgan fingerprint density at radius 2 is 1.56 bits per heavy atom. The number of carbonyl (C=O) groups is 3. The molecule has 1 fully saturated rings. The maximum Gasteiger partial charge on any atom is 0.246 e. The molecule has 0 bridgehead atoms. The minimum absolute atomic E-state index is 0.195. The smallest absolute Gasteiger partial charge is 0.246 e. The van der Waals surface area contributed by atoms with Crippen LogP contribution in [0, 0.1) is 5.82 Å². The van der Waals surface area contributed by atoms with Crippen molar-refractivity contribution >= 4 is 28.5 Å². The predicted octanol–water partition coefficient (Wildman–Crippen LogP) is 3.99. The number of hydrogen-bond acceptors (Lipinski definition) is 4. The molecule has 0 spiro atoms. The lowest BCUT2D eigenvalue weighted by Gasteiger charge is -2.37. The Kier molecular flexibility index (Phi) is 9.55. The molecule has 1 saturated carbocycles. The van der Waals surface area contributed by atoms with Gasteiger partial charge >= 0.3 is 0 Å². The van der Waals surface area contributed by atoms with Crippen molar-refractivity contribution < 1.29 is 18.8 Å². The van der Waals surface area contributed by atoms with Gasteiger partial charge in [0.05, 0.1) is 0 Å². The maximum absolute atomic E-state index is 14.1. The standard InChI is InChI=1S/C33H39FN4O3/c1-36-31(40)28(21-23-12-15-27(34)16-13-23)38(3)32(41)29(22-24-11-14-25-8-4-5-9-26(25)20-24)37(2)30(39)10-6-17-33(35)18-7-19-33/h4-6,8-16,20,28-29H,7,17-19,21-22,35H2,1-3H3,(H,36,40)/b10-6+/t28-,29-/m1/s1. The summed E-state index contributed by atoms with van der Waals surface area (Å²) in [5.41, 5.74) is 7.66. The zero-order chi connectivity index (χ0) is 29.6. The van der Waals surface area contributed by atoms with Gasteiger partial charge < -0.3 is 20.9 Å². The van der Waals surface area contributed by atoms with Gasteiger partial charge in [-0.1, -0.05) is 60.7 Å². The van der Waals surface area contributed by atoms with Gasteiger partial charge in [0.25, 0.3) is 0 Å². The Morgan fingerprint density at radius 1 is 0.927 bits per heavy atom. The highest BCUT2D eigenvalue weighted by atomic mass is 19.1. The largest absolute Gasteiger partial charge is 0.357 e. The van der Waals surface area contributed by atoms with E-state index in [4.69, 9.17) is 5.73 Å². The lowest BCUT2D eigenvalue weighted by atomic mass is 9.75. The molecule has 0 heterocycles. The summed E-state index contributed by atoms with van der Waals surface area (Å²) in [7, 11) is 4.69. The van der Waals surface area contributed by atoms with Crippen LogP contribution in [0.5, 0.6) is 0 Å². The van der Waals surface area contributed by atoms with Gasteiger partial charge in [0, 0.05) is 39.5 Å². The van der Waals surface area contributed by atoms with Crippen LogP contribution >= 0.6 is 0 Å². The molecule has 1 aliphatic rings. The number of fused-ring (bicyclic) bond motifs is 1. The number of carbonyl (C=O) groups excluding carboxylic acids is 3. The van der Waals surface area contributed by atoms with Crippen LogP contribution in [0.1, 0.15) is 36.8 Å². The van der Waals surface area contributed by atoms with Crippen LogP contribution in [-0.4, -0.2) is 66.3 Å². The van der Waals surface area contributed by atoms with Crippen molar-refractivity contribution in [3.05, 3.63) is 95.8 Å². The molecule has 0 radical (unpaired) electrons. The van der Waals surface area contributed by atoms with E-state index in [2.05, 4.69) is 5.32 Å². The van der Waals surface area contributed by atoms with Crippen LogP contribution in [-0.2, 0) is 27.2 Å². The number of benzene rings is 3. The van der Waals surface area contributed by atoms with Crippen molar-refractivity contribution in [2.24, 2.45) is 5.73 Å². The summed E-state index contributed by atoms with van der Waals surface area (Å²) >= 11 is 0. The van der Waals surface area contributed by atoms with Crippen molar-refractivity contribution in [1.29, 1.82) is 0 Å². The molecule has 2 atom stereocenters. The number of nitrogens with one attached hydrogen (secondary N) is 1. The SMILES string of the molecule is CNC(=O)[C@@H](Cc1ccc(F)cc1)N(C)C(=O)[C@@H](Cc1ccc2ccccc2c1)N(C)C(=O)/C=C/CC1(N)CCC1. The Balaban J connectivity index is 1.60. The van der Waals surface area contributed by atoms with Crippen LogP contribution in [0.2, 0.25) is 0 Å². The summed E-state index contributed by atoms with van der Waals surface area (Å²) in [6.45, 7) is 0. The van der Waals surface area contributed by atoms with E-state index in [1.807, 2.05) is 42.5 Å². The first kappa shape index (κ1) is 29.9. The van der Waals surface area contributed by atoms with Crippen LogP contribution in [0.3, 0.4) is 0 Å². The van der Waals surface area contributed by atoms with Gasteiger partial charge in [-0.05, 0) is 65.8 Å². The molecule has 0 unspecified atom stereocenters. The molecule has 1 aliphatic carbocycles. The van der Waals surface area contributed by atoms with Crippen molar-refractivity contribution in [3.8, 4) is 0 Å². The van der Waals surface area contributed by atoms with E-state index in [1.165, 1.54) is 35.1 Å². The second kappa shape index (κ2) is 13.1. The van der Waals surface area contributed by atoms with Crippen LogP contribution < -0.4 is 11.1 Å². The van der Waals surface area contributed by atoms with Gasteiger partial charge in [-0.3, -0.25) is 14.4 Å². The summed E-state index contributed by atoms with van der Waals surface area (Å²) in [5, 5.41) is 4.75. The van der Waals surface area contributed by atoms with E-state index in [1.54, 1.807) is 32.3 Å². The molecular formula is C33H39FN4O3. The Bertz CT molecular complexity index is 1420. The van der Waals surface area contributed by atoms with E-state index in [9.17, 15) is 18.8 Å². The monoisotopic (exact) mass is 558 g/mol. The minimum Gasteiger partial charge on any atom is -0.357 e. The van der Waals surface area contributed by atoms with Crippen LogP contribution in [0.25, 0.3) is 10.8 Å². The molecule has 3 N–H and O–H groups in total. The third kappa shape index (κ3) is 7.38. The second-order valence-electron chi connectivity index (χ2n) is 11.1. The first-order valence-electron chi connectivity index (χ1n) is 14.0. The topological polar surface area (TPSA) is 95.7 Å². The summed E-state index contributed by atoms with van der Waals surface area (Å²) in [5.74, 6) is -1.41. The molecule has 0 aromatic heterocycles. The van der Waals surface area contributed by atoms with Gasteiger partial charge in [-0.25, -0.2) is 4.39 Å². The summed E-state index contributed by atoms with van der Waals surface area (Å²) in [4.78, 5) is 43.2. The first-order chi connectivity index (χ1) is 19.6. The van der Waals surface area contributed by atoms with Gasteiger partial charge in [-0.15, -0.1) is 0 Å². The molecule has 216 valence electrons. The van der Waals surface area contributed by atoms with Gasteiger partial charge in [0.1, 0.15) is 17.9 Å². The fourth-order valence-corrected chi connectivity index (χ4v) is 5.28. The lowest BCUT2D eigenvalue weighted by Crippen LogP contribution is -2.55. The van der Waals surface area contributed by atoms with Crippen molar-refractivity contribution in [3.63, 3.8) is 0 Å². The molecule has 0 aliphatic heterocycles. The highest BCUT2D eigenvalue weighted by Crippen LogP contribution is 2.32. The van der Waals surface area contributed by atoms with Gasteiger partial charge in [0.2, 0.25) is 17.7 Å². The lowest BCUT2D eigenvalue weighted by molar-refractivity contribution is -0.146. The molecule has 41 heavy (non-hydrogen) atoms. The maximum atomic E-state index is 14.1. The molecule has 3 amide bonds. The molecule has 0 saturated heterocycles. The van der Waals surface area contributed by atoms with Crippen molar-refractivity contribution in [1.82, 2.24) is 15.1 Å². The first-order valence-corrected chi connectivity index (χ1v) is 14.0. The van der Waals surface area contributed by atoms with E-state index in [0.717, 1.165) is 35.6 Å². The minimum atomic E-state index is -0.866. The highest BCUT2D eigenvalue weighted by molar-refractivity contribution is 5.95. The number of rotatable bonds is 11. The molecule has 8 heteroatoms. The van der Waals surface area contributed by atoms with Crippen molar-refractivity contribution in [2.45, 2.75) is 56.1 Å². The summed E-state index contributed by atoms with van der Waals surface area (Å²) in [6.07, 6.45) is 7.31. The number of hydrogen-bond donors (Lipinski definition) is 2. The second-order valence-corrected chi connectivity index (χ2v) is 11.1. The average molecular weight is 559 g/mol. The fraction of sp³-hybridized carbons (Fsp3) is 0.364. The van der Waals surface area contributed by atoms with Crippen molar-refractivity contribution in [2.75, 3.05) is 21.1 Å². The Hall–Kier alpha value is -4.04. The zero-order valence-corrected chi connectivity index (χ0v) is 24.0. The normalized spacial score (nSPS) is 15.6. The van der Waals surface area contributed by atoms with E-state index < -0.39 is 12.1 Å². The summed E-state index contributed by atoms with van der Waals surface area (Å²) in [6, 6.07) is 18.1. The zero-order valence-electron chi connectivity index (χ0n) is 24.0. The molecule has 3 aromatic rings. The number of halogens is 1. The molecule has 3 aromatic carbocycles. The molecular weight excluding hydrogens is 519 g/mol. The van der Waals surface area contributed by atoms with Crippen LogP contribution in [0.4, 0.5) is 4.39 Å². The fourth-order valence-electron chi connectivity index (χ4n) is 5.28. The predicted molar refractivity (Wildman–Crippen MR) is 159 cm³/mol. The quantitative estimate of drug-likeness (QED) is 0.348. The van der Waals surface area contributed by atoms with E-state index >= 15 is 0 Å². The number of nitrogens with two attached hydrogens (primary N) is 1. The third-order valence-electron chi connectivity index (χ3n) is 8.18. The van der Waals surface area contributed by atoms with Gasteiger partial charge in [0.15, 0.2) is 0 Å². The van der Waals surface area contributed by atoms with E-state index in [0.29, 0.717) is 12.0 Å². The summed E-state index contributed by atoms with van der Waals surface area (Å²) < 4.78 is 13.5. The van der Waals surface area contributed by atoms with Crippen LogP contribution in [0.15, 0.2) is 78.9 Å². The average Bonchev–Trinajstić information content (AvgIpc) is 2.97. The number of nitrogens with zero attached hydrogens (tertiary/aromatic N) is 2. The number of likely N-dealkylation sites (N-methyl/N-ethyl adjacent to an activating group) is 3. The van der Waals surface area contributed by atoms with Gasteiger partial charge in [-0.2, -0.15) is 0 Å². The Labute approximate surface area is 241 Å². The van der Waals surface area contributed by atoms with E-state index in [-0.39, 0.29) is 41.9 Å². The molecule has 4 rings (SSSR count). The highest BCUT2D eigenvalue weighted by Gasteiger charge is 2.35. The molecule has 7 nitrogen and oxygen atoms in total.